The summed E-state index contributed by atoms with van der Waals surface area (Å²) in [6, 6.07) is 22.4. The minimum absolute atomic E-state index is 0.0433. The lowest BCUT2D eigenvalue weighted by molar-refractivity contribution is -0.258. The standard InChI is InChI=1S/C30H22F3N3O5/c1-29(41,30(31,32)33)19-12-14-20(15-13-19)36-24-11-3-2-8-22(24)25(27(36)38)35-34-23-10-5-9-21(26(23)37)17-6-4-7-18(16-17)28(39)40/h2-16,37-38,41H,1H3,(H,39,40). The second-order valence-corrected chi connectivity index (χ2v) is 9.40. The van der Waals surface area contributed by atoms with E-state index in [9.17, 15) is 38.4 Å². The Morgan fingerprint density at radius 3 is 2.22 bits per heavy atom. The number of phenols is 1. The highest BCUT2D eigenvalue weighted by Crippen LogP contribution is 2.44. The molecule has 208 valence electrons. The number of para-hydroxylation sites is 2. The van der Waals surface area contributed by atoms with E-state index in [1.165, 1.54) is 34.9 Å². The van der Waals surface area contributed by atoms with Crippen molar-refractivity contribution in [3.63, 3.8) is 0 Å². The Hall–Kier alpha value is -5.16. The predicted octanol–water partition coefficient (Wildman–Crippen LogP) is 7.59. The van der Waals surface area contributed by atoms with Gasteiger partial charge in [0.05, 0.1) is 11.1 Å². The molecule has 0 spiro atoms. The zero-order chi connectivity index (χ0) is 29.5. The van der Waals surface area contributed by atoms with Crippen LogP contribution in [0.1, 0.15) is 22.8 Å². The third-order valence-corrected chi connectivity index (χ3v) is 6.76. The number of phenolic OH excluding ortho intramolecular Hbond substituents is 1. The molecule has 0 fully saturated rings. The van der Waals surface area contributed by atoms with Crippen molar-refractivity contribution >= 4 is 28.2 Å². The van der Waals surface area contributed by atoms with Gasteiger partial charge in [-0.15, -0.1) is 10.2 Å². The molecule has 4 N–H and O–H groups in total. The smallest absolute Gasteiger partial charge is 0.421 e. The maximum atomic E-state index is 13.3. The van der Waals surface area contributed by atoms with Crippen LogP contribution in [0.2, 0.25) is 0 Å². The number of rotatable bonds is 6. The van der Waals surface area contributed by atoms with Gasteiger partial charge in [0.1, 0.15) is 5.69 Å². The van der Waals surface area contributed by atoms with Crippen molar-refractivity contribution in [2.75, 3.05) is 0 Å². The Kier molecular flexibility index (Phi) is 6.75. The van der Waals surface area contributed by atoms with E-state index in [0.29, 0.717) is 34.6 Å². The van der Waals surface area contributed by atoms with Crippen molar-refractivity contribution in [3.05, 3.63) is 102 Å². The largest absolute Gasteiger partial charge is 0.505 e. The molecule has 41 heavy (non-hydrogen) atoms. The van der Waals surface area contributed by atoms with E-state index in [1.807, 2.05) is 0 Å². The third-order valence-electron chi connectivity index (χ3n) is 6.76. The molecule has 5 aromatic rings. The highest BCUT2D eigenvalue weighted by Gasteiger charge is 2.51. The number of aliphatic hydroxyl groups is 1. The molecule has 0 saturated carbocycles. The van der Waals surface area contributed by atoms with E-state index in [1.54, 1.807) is 48.5 Å². The number of aromatic carboxylic acids is 1. The number of azo groups is 1. The number of nitrogens with zero attached hydrogens (tertiary/aromatic N) is 3. The van der Waals surface area contributed by atoms with Crippen molar-refractivity contribution in [2.24, 2.45) is 10.2 Å². The van der Waals surface area contributed by atoms with Crippen LogP contribution in [0.5, 0.6) is 11.6 Å². The Labute approximate surface area is 230 Å². The SMILES string of the molecule is CC(O)(c1ccc(-n2c(O)c(N=Nc3cccc(-c4cccc(C(=O)O)c4)c3O)c3ccccc32)cc1)C(F)(F)F. The van der Waals surface area contributed by atoms with Crippen LogP contribution in [0.25, 0.3) is 27.7 Å². The Morgan fingerprint density at radius 1 is 0.854 bits per heavy atom. The van der Waals surface area contributed by atoms with Gasteiger partial charge in [0, 0.05) is 16.6 Å². The first-order chi connectivity index (χ1) is 19.4. The van der Waals surface area contributed by atoms with Gasteiger partial charge in [-0.2, -0.15) is 13.2 Å². The summed E-state index contributed by atoms with van der Waals surface area (Å²) in [5.74, 6) is -1.72. The Balaban J connectivity index is 1.55. The van der Waals surface area contributed by atoms with Gasteiger partial charge in [-0.3, -0.25) is 4.57 Å². The number of fused-ring (bicyclic) bond motifs is 1. The molecule has 1 aromatic heterocycles. The maximum absolute atomic E-state index is 13.3. The number of carboxylic acids is 1. The van der Waals surface area contributed by atoms with E-state index in [0.717, 1.165) is 12.1 Å². The first-order valence-electron chi connectivity index (χ1n) is 12.2. The first-order valence-corrected chi connectivity index (χ1v) is 12.2. The Bertz CT molecular complexity index is 1810. The first kappa shape index (κ1) is 27.4. The summed E-state index contributed by atoms with van der Waals surface area (Å²) in [5, 5.41) is 50.1. The molecule has 0 saturated heterocycles. The van der Waals surface area contributed by atoms with Crippen LogP contribution in [-0.2, 0) is 5.60 Å². The molecule has 0 aliphatic heterocycles. The molecule has 4 aromatic carbocycles. The molecule has 8 nitrogen and oxygen atoms in total. The van der Waals surface area contributed by atoms with Gasteiger partial charge in [0.15, 0.2) is 17.0 Å². The minimum Gasteiger partial charge on any atom is -0.505 e. The lowest BCUT2D eigenvalue weighted by Gasteiger charge is -2.26. The van der Waals surface area contributed by atoms with Crippen LogP contribution in [0.15, 0.2) is 101 Å². The van der Waals surface area contributed by atoms with Gasteiger partial charge in [0.2, 0.25) is 5.88 Å². The quantitative estimate of drug-likeness (QED) is 0.159. The summed E-state index contributed by atoms with van der Waals surface area (Å²) in [6.45, 7) is 0.663. The number of hydrogen-bond acceptors (Lipinski definition) is 6. The zero-order valence-electron chi connectivity index (χ0n) is 21.3. The van der Waals surface area contributed by atoms with E-state index < -0.39 is 17.7 Å². The fraction of sp³-hybridized carbons (Fsp3) is 0.100. The predicted molar refractivity (Wildman–Crippen MR) is 145 cm³/mol. The second kappa shape index (κ2) is 10.1. The topological polar surface area (TPSA) is 128 Å². The average Bonchev–Trinajstić information content (AvgIpc) is 3.22. The zero-order valence-corrected chi connectivity index (χ0v) is 21.3. The molecule has 0 bridgehead atoms. The number of benzene rings is 4. The van der Waals surface area contributed by atoms with Crippen molar-refractivity contribution in [1.82, 2.24) is 4.57 Å². The van der Waals surface area contributed by atoms with E-state index >= 15 is 0 Å². The maximum Gasteiger partial charge on any atom is 0.421 e. The van der Waals surface area contributed by atoms with Crippen molar-refractivity contribution < 1.29 is 38.4 Å². The fourth-order valence-corrected chi connectivity index (χ4v) is 4.44. The summed E-state index contributed by atoms with van der Waals surface area (Å²) >= 11 is 0. The van der Waals surface area contributed by atoms with E-state index in [-0.39, 0.29) is 34.1 Å². The average molecular weight is 562 g/mol. The number of carboxylic acid groups (broad SMARTS) is 1. The highest BCUT2D eigenvalue weighted by atomic mass is 19.4. The minimum atomic E-state index is -4.88. The number of halogens is 3. The molecule has 0 aliphatic carbocycles. The van der Waals surface area contributed by atoms with Crippen LogP contribution in [0.4, 0.5) is 24.5 Å². The van der Waals surface area contributed by atoms with Gasteiger partial charge in [0.25, 0.3) is 0 Å². The number of hydrogen-bond donors (Lipinski definition) is 4. The highest BCUT2D eigenvalue weighted by molar-refractivity contribution is 5.96. The van der Waals surface area contributed by atoms with Gasteiger partial charge >= 0.3 is 12.1 Å². The number of carbonyl (C=O) groups is 1. The molecule has 11 heteroatoms. The molecule has 0 aliphatic rings. The number of alkyl halides is 3. The van der Waals surface area contributed by atoms with Gasteiger partial charge in [-0.25, -0.2) is 4.79 Å². The van der Waals surface area contributed by atoms with Crippen LogP contribution in [0.3, 0.4) is 0 Å². The van der Waals surface area contributed by atoms with Gasteiger partial charge < -0.3 is 20.4 Å². The van der Waals surface area contributed by atoms with Gasteiger partial charge in [-0.1, -0.05) is 54.6 Å². The summed E-state index contributed by atoms with van der Waals surface area (Å²) < 4.78 is 41.2. The summed E-state index contributed by atoms with van der Waals surface area (Å²) in [4.78, 5) is 11.4. The molecule has 0 radical (unpaired) electrons. The number of aromatic nitrogens is 1. The molecule has 1 heterocycles. The Morgan fingerprint density at radius 2 is 1.54 bits per heavy atom. The molecule has 5 rings (SSSR count). The summed E-state index contributed by atoms with van der Waals surface area (Å²) in [5.41, 5.74) is -1.71. The van der Waals surface area contributed by atoms with Gasteiger partial charge in [-0.05, 0) is 54.4 Å². The van der Waals surface area contributed by atoms with E-state index in [2.05, 4.69) is 10.2 Å². The third kappa shape index (κ3) is 4.87. The van der Waals surface area contributed by atoms with Crippen LogP contribution < -0.4 is 0 Å². The summed E-state index contributed by atoms with van der Waals surface area (Å²) in [6.07, 6.45) is -4.88. The van der Waals surface area contributed by atoms with Crippen LogP contribution in [0, 0.1) is 0 Å². The molecule has 1 atom stereocenters. The molecule has 1 unspecified atom stereocenters. The number of aromatic hydroxyl groups is 2. The van der Waals surface area contributed by atoms with E-state index in [4.69, 9.17) is 0 Å². The lowest BCUT2D eigenvalue weighted by Crippen LogP contribution is -2.39. The van der Waals surface area contributed by atoms with Crippen LogP contribution in [-0.4, -0.2) is 37.1 Å². The van der Waals surface area contributed by atoms with Crippen molar-refractivity contribution in [2.45, 2.75) is 18.7 Å². The monoisotopic (exact) mass is 561 g/mol. The molecular weight excluding hydrogens is 539 g/mol. The second-order valence-electron chi connectivity index (χ2n) is 9.40. The van der Waals surface area contributed by atoms with Crippen LogP contribution >= 0.6 is 0 Å². The van der Waals surface area contributed by atoms with Crippen molar-refractivity contribution in [3.8, 4) is 28.4 Å². The fourth-order valence-electron chi connectivity index (χ4n) is 4.44. The summed E-state index contributed by atoms with van der Waals surface area (Å²) in [7, 11) is 0. The molecule has 0 amide bonds. The lowest BCUT2D eigenvalue weighted by atomic mass is 9.95. The normalized spacial score (nSPS) is 13.5. The molecular formula is C30H22F3N3O5. The van der Waals surface area contributed by atoms with Crippen molar-refractivity contribution in [1.29, 1.82) is 0 Å².